The van der Waals surface area contributed by atoms with Gasteiger partial charge in [0, 0.05) is 17.9 Å². The molecule has 186 valence electrons. The molecule has 0 aliphatic carbocycles. The summed E-state index contributed by atoms with van der Waals surface area (Å²) in [6, 6.07) is 16.8. The standard InChI is InChI=1S/C27H30N4O3SSi/c1-18(32)29-22-13-12-19(15-24(22)34-36(5,6)27(2,3)4)14-21(16-28)25(33)31-26-30-23(17-35-26)20-10-8-7-9-11-20/h7-15,17H,1-6H3,(H,29,32)(H,30,31,33). The Bertz CT molecular complexity index is 1340. The van der Waals surface area contributed by atoms with E-state index in [0.717, 1.165) is 11.3 Å². The number of carbonyl (C=O) groups is 2. The van der Waals surface area contributed by atoms with Gasteiger partial charge >= 0.3 is 0 Å². The van der Waals surface area contributed by atoms with Gasteiger partial charge < -0.3 is 9.74 Å². The molecule has 0 unspecified atom stereocenters. The number of carbonyl (C=O) groups excluding carboxylic acids is 2. The van der Waals surface area contributed by atoms with E-state index in [9.17, 15) is 14.9 Å². The molecule has 0 saturated carbocycles. The number of thiazole rings is 1. The number of nitrogens with one attached hydrogen (secondary N) is 2. The van der Waals surface area contributed by atoms with Gasteiger partial charge in [-0.2, -0.15) is 5.26 Å². The number of amides is 2. The third-order valence-electron chi connectivity index (χ3n) is 5.96. The van der Waals surface area contributed by atoms with Crippen LogP contribution in [0.2, 0.25) is 18.1 Å². The van der Waals surface area contributed by atoms with E-state index < -0.39 is 14.2 Å². The fourth-order valence-corrected chi connectivity index (χ4v) is 4.73. The molecule has 0 spiro atoms. The van der Waals surface area contributed by atoms with Crippen LogP contribution in [0.25, 0.3) is 17.3 Å². The summed E-state index contributed by atoms with van der Waals surface area (Å²) in [6.45, 7) is 12.0. The second-order valence-corrected chi connectivity index (χ2v) is 15.4. The Labute approximate surface area is 217 Å². The van der Waals surface area contributed by atoms with Gasteiger partial charge in [0.1, 0.15) is 17.4 Å². The third kappa shape index (κ3) is 6.68. The quantitative estimate of drug-likeness (QED) is 0.206. The van der Waals surface area contributed by atoms with Crippen molar-refractivity contribution in [2.75, 3.05) is 10.6 Å². The van der Waals surface area contributed by atoms with Crippen LogP contribution in [0.5, 0.6) is 5.75 Å². The number of rotatable bonds is 7. The summed E-state index contributed by atoms with van der Waals surface area (Å²) in [5.41, 5.74) is 2.77. The SMILES string of the molecule is CC(=O)Nc1ccc(C=C(C#N)C(=O)Nc2nc(-c3ccccc3)cs2)cc1O[Si](C)(C)C(C)(C)C. The van der Waals surface area contributed by atoms with Gasteiger partial charge in [-0.1, -0.05) is 57.2 Å². The van der Waals surface area contributed by atoms with Crippen LogP contribution < -0.4 is 15.1 Å². The fourth-order valence-electron chi connectivity index (χ4n) is 2.99. The molecule has 3 aromatic rings. The van der Waals surface area contributed by atoms with Gasteiger partial charge in [-0.25, -0.2) is 4.98 Å². The van der Waals surface area contributed by atoms with Crippen molar-refractivity contribution < 1.29 is 14.0 Å². The second kappa shape index (κ2) is 10.9. The van der Waals surface area contributed by atoms with E-state index in [2.05, 4.69) is 49.5 Å². The van der Waals surface area contributed by atoms with Gasteiger partial charge in [0.2, 0.25) is 5.91 Å². The number of hydrogen-bond acceptors (Lipinski definition) is 6. The molecule has 9 heteroatoms. The Balaban J connectivity index is 1.87. The normalized spacial score (nSPS) is 12.0. The van der Waals surface area contributed by atoms with Crippen LogP contribution in [0.3, 0.4) is 0 Å². The Hall–Kier alpha value is -3.74. The molecular formula is C27H30N4O3SSi. The molecule has 0 aliphatic heterocycles. The maximum Gasteiger partial charge on any atom is 0.268 e. The van der Waals surface area contributed by atoms with Crippen LogP contribution in [-0.4, -0.2) is 25.1 Å². The topological polar surface area (TPSA) is 104 Å². The van der Waals surface area contributed by atoms with Gasteiger partial charge in [0.25, 0.3) is 14.2 Å². The molecule has 36 heavy (non-hydrogen) atoms. The zero-order chi connectivity index (χ0) is 26.5. The molecule has 0 radical (unpaired) electrons. The van der Waals surface area contributed by atoms with Gasteiger partial charge in [-0.05, 0) is 41.9 Å². The highest BCUT2D eigenvalue weighted by molar-refractivity contribution is 7.14. The molecule has 0 atom stereocenters. The molecule has 1 aromatic heterocycles. The summed E-state index contributed by atoms with van der Waals surface area (Å²) in [5, 5.41) is 17.4. The number of benzene rings is 2. The number of nitriles is 1. The van der Waals surface area contributed by atoms with Crippen LogP contribution in [-0.2, 0) is 9.59 Å². The summed E-state index contributed by atoms with van der Waals surface area (Å²) >= 11 is 1.29. The first-order valence-corrected chi connectivity index (χ1v) is 15.2. The van der Waals surface area contributed by atoms with Crippen LogP contribution in [0.4, 0.5) is 10.8 Å². The minimum absolute atomic E-state index is 0.0592. The van der Waals surface area contributed by atoms with Crippen molar-refractivity contribution in [3.63, 3.8) is 0 Å². The number of anilines is 2. The van der Waals surface area contributed by atoms with E-state index in [0.29, 0.717) is 22.1 Å². The first kappa shape index (κ1) is 26.9. The Morgan fingerprint density at radius 2 is 1.81 bits per heavy atom. The molecule has 7 nitrogen and oxygen atoms in total. The summed E-state index contributed by atoms with van der Waals surface area (Å²) in [6.07, 6.45) is 1.50. The average Bonchev–Trinajstić information content (AvgIpc) is 3.26. The Morgan fingerprint density at radius 3 is 2.42 bits per heavy atom. The lowest BCUT2D eigenvalue weighted by Gasteiger charge is -2.37. The third-order valence-corrected chi connectivity index (χ3v) is 11.1. The van der Waals surface area contributed by atoms with Crippen molar-refractivity contribution in [3.05, 3.63) is 65.0 Å². The van der Waals surface area contributed by atoms with Crippen LogP contribution in [0, 0.1) is 11.3 Å². The lowest BCUT2D eigenvalue weighted by molar-refractivity contribution is -0.114. The average molecular weight is 519 g/mol. The van der Waals surface area contributed by atoms with Crippen molar-refractivity contribution >= 4 is 48.4 Å². The molecule has 2 aromatic carbocycles. The van der Waals surface area contributed by atoms with E-state index in [1.165, 1.54) is 24.3 Å². The summed E-state index contributed by atoms with van der Waals surface area (Å²) < 4.78 is 6.46. The smallest absolute Gasteiger partial charge is 0.268 e. The fraction of sp³-hybridized carbons (Fsp3) is 0.259. The summed E-state index contributed by atoms with van der Waals surface area (Å²) in [4.78, 5) is 29.0. The summed E-state index contributed by atoms with van der Waals surface area (Å²) in [5.74, 6) is -0.256. The lowest BCUT2D eigenvalue weighted by atomic mass is 10.1. The molecule has 1 heterocycles. The first-order valence-electron chi connectivity index (χ1n) is 11.4. The van der Waals surface area contributed by atoms with Crippen molar-refractivity contribution in [1.82, 2.24) is 4.98 Å². The van der Waals surface area contributed by atoms with E-state index >= 15 is 0 Å². The van der Waals surface area contributed by atoms with E-state index in [-0.39, 0.29) is 16.5 Å². The highest BCUT2D eigenvalue weighted by Crippen LogP contribution is 2.40. The van der Waals surface area contributed by atoms with E-state index in [1.807, 2.05) is 41.8 Å². The first-order chi connectivity index (χ1) is 16.9. The molecule has 2 amide bonds. The highest BCUT2D eigenvalue weighted by Gasteiger charge is 2.39. The monoisotopic (exact) mass is 518 g/mol. The van der Waals surface area contributed by atoms with Crippen molar-refractivity contribution in [2.45, 2.75) is 45.8 Å². The van der Waals surface area contributed by atoms with Crippen molar-refractivity contribution in [2.24, 2.45) is 0 Å². The van der Waals surface area contributed by atoms with E-state index in [1.54, 1.807) is 18.2 Å². The van der Waals surface area contributed by atoms with Gasteiger partial charge in [-0.3, -0.25) is 14.9 Å². The molecule has 0 fully saturated rings. The minimum atomic E-state index is -2.22. The zero-order valence-electron chi connectivity index (χ0n) is 21.3. The molecular weight excluding hydrogens is 488 g/mol. The summed E-state index contributed by atoms with van der Waals surface area (Å²) in [7, 11) is -2.22. The predicted molar refractivity (Wildman–Crippen MR) is 148 cm³/mol. The zero-order valence-corrected chi connectivity index (χ0v) is 23.1. The van der Waals surface area contributed by atoms with Gasteiger partial charge in [0.15, 0.2) is 5.13 Å². The Kier molecular flexibility index (Phi) is 8.12. The largest absolute Gasteiger partial charge is 0.542 e. The minimum Gasteiger partial charge on any atom is -0.542 e. The highest BCUT2D eigenvalue weighted by atomic mass is 32.1. The molecule has 0 saturated heterocycles. The number of hydrogen-bond donors (Lipinski definition) is 2. The maximum absolute atomic E-state index is 12.8. The predicted octanol–water partition coefficient (Wildman–Crippen LogP) is 6.70. The lowest BCUT2D eigenvalue weighted by Crippen LogP contribution is -2.44. The van der Waals surface area contributed by atoms with Crippen molar-refractivity contribution in [3.8, 4) is 23.1 Å². The van der Waals surface area contributed by atoms with Crippen LogP contribution in [0.15, 0.2) is 59.5 Å². The molecule has 0 bridgehead atoms. The molecule has 2 N–H and O–H groups in total. The van der Waals surface area contributed by atoms with Gasteiger partial charge in [-0.15, -0.1) is 11.3 Å². The second-order valence-electron chi connectivity index (χ2n) is 9.83. The molecule has 0 aliphatic rings. The number of nitrogens with zero attached hydrogens (tertiary/aromatic N) is 2. The molecule has 3 rings (SSSR count). The number of aromatic nitrogens is 1. The maximum atomic E-state index is 12.8. The van der Waals surface area contributed by atoms with Gasteiger partial charge in [0.05, 0.1) is 11.4 Å². The van der Waals surface area contributed by atoms with Crippen LogP contribution >= 0.6 is 11.3 Å². The Morgan fingerprint density at radius 1 is 1.11 bits per heavy atom. The van der Waals surface area contributed by atoms with E-state index in [4.69, 9.17) is 4.43 Å². The van der Waals surface area contributed by atoms with Crippen molar-refractivity contribution in [1.29, 1.82) is 5.26 Å². The van der Waals surface area contributed by atoms with Crippen LogP contribution in [0.1, 0.15) is 33.3 Å².